The molecule has 1 atom stereocenters. The monoisotopic (exact) mass is 300 g/mol. The molecule has 0 aromatic carbocycles. The fourth-order valence-corrected chi connectivity index (χ4v) is 2.74. The van der Waals surface area contributed by atoms with E-state index in [-0.39, 0.29) is 11.5 Å². The summed E-state index contributed by atoms with van der Waals surface area (Å²) in [5, 5.41) is 12.1. The van der Waals surface area contributed by atoms with Crippen molar-refractivity contribution in [1.29, 1.82) is 0 Å². The molecule has 118 valence electrons. The molecule has 22 heavy (non-hydrogen) atoms. The average molecular weight is 300 g/mol. The molecule has 0 aliphatic carbocycles. The van der Waals surface area contributed by atoms with Crippen LogP contribution in [0.15, 0.2) is 12.3 Å². The van der Waals surface area contributed by atoms with Crippen molar-refractivity contribution in [2.75, 3.05) is 5.32 Å². The van der Waals surface area contributed by atoms with Crippen molar-refractivity contribution < 1.29 is 0 Å². The van der Waals surface area contributed by atoms with E-state index in [4.69, 9.17) is 0 Å². The van der Waals surface area contributed by atoms with Crippen LogP contribution in [-0.4, -0.2) is 24.7 Å². The highest BCUT2D eigenvalue weighted by atomic mass is 15.3. The zero-order valence-corrected chi connectivity index (χ0v) is 13.8. The third kappa shape index (κ3) is 2.96. The molecule has 3 rings (SSSR count). The highest BCUT2D eigenvalue weighted by Crippen LogP contribution is 2.23. The first-order valence-electron chi connectivity index (χ1n) is 7.97. The Morgan fingerprint density at radius 2 is 2.05 bits per heavy atom. The fraction of sp³-hybridized carbons (Fsp3) is 0.625. The number of nitrogens with zero attached hydrogens (tertiary/aromatic N) is 5. The SMILES string of the molecule is CC(Nc1ccnc(C(C)(C)C)n1)c1nnc2n1CCCC2. The predicted octanol–water partition coefficient (Wildman–Crippen LogP) is 2.88. The second kappa shape index (κ2) is 5.66. The number of fused-ring (bicyclic) bond motifs is 1. The van der Waals surface area contributed by atoms with Crippen molar-refractivity contribution >= 4 is 5.82 Å². The van der Waals surface area contributed by atoms with E-state index in [9.17, 15) is 0 Å². The van der Waals surface area contributed by atoms with Crippen molar-refractivity contribution in [1.82, 2.24) is 24.7 Å². The van der Waals surface area contributed by atoms with Gasteiger partial charge in [-0.2, -0.15) is 0 Å². The van der Waals surface area contributed by atoms with Crippen molar-refractivity contribution in [3.63, 3.8) is 0 Å². The number of aromatic nitrogens is 5. The number of anilines is 1. The van der Waals surface area contributed by atoms with Crippen LogP contribution in [0.3, 0.4) is 0 Å². The quantitative estimate of drug-likeness (QED) is 0.944. The third-order valence-corrected chi connectivity index (χ3v) is 3.97. The van der Waals surface area contributed by atoms with Crippen LogP contribution < -0.4 is 5.32 Å². The molecule has 6 heteroatoms. The lowest BCUT2D eigenvalue weighted by atomic mass is 9.96. The molecule has 1 aliphatic rings. The summed E-state index contributed by atoms with van der Waals surface area (Å²) in [5.74, 6) is 3.77. The van der Waals surface area contributed by atoms with Crippen LogP contribution in [0.1, 0.15) is 64.1 Å². The van der Waals surface area contributed by atoms with Gasteiger partial charge in [-0.3, -0.25) is 0 Å². The normalized spacial score (nSPS) is 16.2. The third-order valence-electron chi connectivity index (χ3n) is 3.97. The van der Waals surface area contributed by atoms with Crippen LogP contribution in [0.5, 0.6) is 0 Å². The Morgan fingerprint density at radius 3 is 2.82 bits per heavy atom. The molecular formula is C16H24N6. The Kier molecular flexibility index (Phi) is 3.85. The summed E-state index contributed by atoms with van der Waals surface area (Å²) < 4.78 is 2.24. The van der Waals surface area contributed by atoms with Crippen molar-refractivity contribution in [3.8, 4) is 0 Å². The van der Waals surface area contributed by atoms with Gasteiger partial charge in [-0.05, 0) is 25.8 Å². The molecule has 0 saturated heterocycles. The maximum absolute atomic E-state index is 4.63. The average Bonchev–Trinajstić information content (AvgIpc) is 2.90. The van der Waals surface area contributed by atoms with Gasteiger partial charge in [0, 0.05) is 24.6 Å². The Morgan fingerprint density at radius 1 is 1.23 bits per heavy atom. The minimum atomic E-state index is -0.0606. The minimum Gasteiger partial charge on any atom is -0.360 e. The zero-order chi connectivity index (χ0) is 15.7. The molecule has 1 N–H and O–H groups in total. The van der Waals surface area contributed by atoms with Gasteiger partial charge >= 0.3 is 0 Å². The number of hydrogen-bond donors (Lipinski definition) is 1. The topological polar surface area (TPSA) is 68.5 Å². The minimum absolute atomic E-state index is 0.0606. The lowest BCUT2D eigenvalue weighted by Crippen LogP contribution is -2.20. The Bertz CT molecular complexity index is 655. The smallest absolute Gasteiger partial charge is 0.155 e. The van der Waals surface area contributed by atoms with Gasteiger partial charge in [0.2, 0.25) is 0 Å². The summed E-state index contributed by atoms with van der Waals surface area (Å²) in [4.78, 5) is 8.99. The summed E-state index contributed by atoms with van der Waals surface area (Å²) >= 11 is 0. The summed E-state index contributed by atoms with van der Waals surface area (Å²) in [7, 11) is 0. The van der Waals surface area contributed by atoms with Gasteiger partial charge in [0.1, 0.15) is 17.5 Å². The zero-order valence-electron chi connectivity index (χ0n) is 13.8. The van der Waals surface area contributed by atoms with Gasteiger partial charge in [-0.25, -0.2) is 9.97 Å². The summed E-state index contributed by atoms with van der Waals surface area (Å²) in [6.45, 7) is 9.46. The fourth-order valence-electron chi connectivity index (χ4n) is 2.74. The van der Waals surface area contributed by atoms with Gasteiger partial charge in [0.15, 0.2) is 5.82 Å². The Hall–Kier alpha value is -1.98. The molecule has 3 heterocycles. The molecule has 1 aliphatic heterocycles. The summed E-state index contributed by atoms with van der Waals surface area (Å²) in [6.07, 6.45) is 5.25. The molecule has 6 nitrogen and oxygen atoms in total. The molecule has 0 fully saturated rings. The molecule has 1 unspecified atom stereocenters. The van der Waals surface area contributed by atoms with Gasteiger partial charge in [0.25, 0.3) is 0 Å². The van der Waals surface area contributed by atoms with E-state index in [1.165, 1.54) is 12.8 Å². The molecule has 0 spiro atoms. The van der Waals surface area contributed by atoms with Gasteiger partial charge in [-0.1, -0.05) is 20.8 Å². The highest BCUT2D eigenvalue weighted by molar-refractivity contribution is 5.36. The van der Waals surface area contributed by atoms with E-state index in [1.807, 2.05) is 12.3 Å². The summed E-state index contributed by atoms with van der Waals surface area (Å²) in [5.41, 5.74) is -0.0606. The van der Waals surface area contributed by atoms with Crippen molar-refractivity contribution in [3.05, 3.63) is 29.7 Å². The number of aryl methyl sites for hydroxylation is 1. The van der Waals surface area contributed by atoms with Crippen LogP contribution in [0.4, 0.5) is 5.82 Å². The molecule has 2 aromatic heterocycles. The Labute approximate surface area is 131 Å². The first-order valence-corrected chi connectivity index (χ1v) is 7.97. The second-order valence-electron chi connectivity index (χ2n) is 6.96. The maximum atomic E-state index is 4.63. The standard InChI is InChI=1S/C16H24N6/c1-11(14-21-20-13-7-5-6-10-22(13)14)18-12-8-9-17-15(19-12)16(2,3)4/h8-9,11H,5-7,10H2,1-4H3,(H,17,18,19). The van der Waals surface area contributed by atoms with Crippen LogP contribution >= 0.6 is 0 Å². The van der Waals surface area contributed by atoms with Gasteiger partial charge in [0.05, 0.1) is 6.04 Å². The number of nitrogens with one attached hydrogen (secondary N) is 1. The van der Waals surface area contributed by atoms with E-state index >= 15 is 0 Å². The Balaban J connectivity index is 1.80. The second-order valence-corrected chi connectivity index (χ2v) is 6.96. The van der Waals surface area contributed by atoms with Crippen LogP contribution in [0.25, 0.3) is 0 Å². The largest absolute Gasteiger partial charge is 0.360 e. The van der Waals surface area contributed by atoms with Crippen LogP contribution in [-0.2, 0) is 18.4 Å². The number of hydrogen-bond acceptors (Lipinski definition) is 5. The van der Waals surface area contributed by atoms with Crippen molar-refractivity contribution in [2.45, 2.75) is 65.0 Å². The predicted molar refractivity (Wildman–Crippen MR) is 85.7 cm³/mol. The van der Waals surface area contributed by atoms with Crippen LogP contribution in [0, 0.1) is 0 Å². The number of rotatable bonds is 3. The lowest BCUT2D eigenvalue weighted by Gasteiger charge is -2.20. The van der Waals surface area contributed by atoms with Crippen LogP contribution in [0.2, 0.25) is 0 Å². The molecule has 0 saturated carbocycles. The maximum Gasteiger partial charge on any atom is 0.155 e. The molecular weight excluding hydrogens is 276 g/mol. The molecule has 0 radical (unpaired) electrons. The van der Waals surface area contributed by atoms with E-state index in [2.05, 4.69) is 57.7 Å². The van der Waals surface area contributed by atoms with E-state index in [1.54, 1.807) is 0 Å². The first kappa shape index (κ1) is 14.9. The van der Waals surface area contributed by atoms with Gasteiger partial charge < -0.3 is 9.88 Å². The highest BCUT2D eigenvalue weighted by Gasteiger charge is 2.21. The molecule has 0 amide bonds. The molecule has 2 aromatic rings. The van der Waals surface area contributed by atoms with Gasteiger partial charge in [-0.15, -0.1) is 10.2 Å². The summed E-state index contributed by atoms with van der Waals surface area (Å²) in [6, 6.07) is 1.97. The van der Waals surface area contributed by atoms with E-state index in [0.717, 1.165) is 36.3 Å². The van der Waals surface area contributed by atoms with Crippen molar-refractivity contribution in [2.24, 2.45) is 0 Å². The lowest BCUT2D eigenvalue weighted by molar-refractivity contribution is 0.500. The molecule has 0 bridgehead atoms. The van der Waals surface area contributed by atoms with E-state index in [0.29, 0.717) is 0 Å². The first-order chi connectivity index (χ1) is 10.4. The van der Waals surface area contributed by atoms with E-state index < -0.39 is 0 Å².